The quantitative estimate of drug-likeness (QED) is 0.749. The standard InChI is InChI=1S/C20H26ClNO4/c1-12-14(10-23)7-17(21)20-19(12)26-18(11-25-20)13-3-5-15(6-4-13)22-8-16(9-22)24-2/h7,10,13,15-16,18H,3-6,8-9,11H2,1-2H3/t13-,15-,18-/m0/s1. The van der Waals surface area contributed by atoms with Crippen LogP contribution in [0.5, 0.6) is 11.5 Å². The Labute approximate surface area is 159 Å². The van der Waals surface area contributed by atoms with Gasteiger partial charge in [0.05, 0.1) is 11.1 Å². The molecule has 6 heteroatoms. The average Bonchev–Trinajstić information content (AvgIpc) is 2.64. The number of hydrogen-bond donors (Lipinski definition) is 0. The van der Waals surface area contributed by atoms with Gasteiger partial charge in [0.1, 0.15) is 12.7 Å². The van der Waals surface area contributed by atoms with Gasteiger partial charge < -0.3 is 14.2 Å². The second-order valence-corrected chi connectivity index (χ2v) is 8.10. The summed E-state index contributed by atoms with van der Waals surface area (Å²) in [7, 11) is 1.79. The molecule has 1 aromatic carbocycles. The van der Waals surface area contributed by atoms with Crippen molar-refractivity contribution in [2.75, 3.05) is 26.8 Å². The molecular formula is C20H26ClNO4. The number of nitrogens with zero attached hydrogens (tertiary/aromatic N) is 1. The molecule has 2 aliphatic heterocycles. The number of carbonyl (C=O) groups excluding carboxylic acids is 1. The van der Waals surface area contributed by atoms with Crippen LogP contribution in [0.1, 0.15) is 41.6 Å². The van der Waals surface area contributed by atoms with Gasteiger partial charge in [0, 0.05) is 37.4 Å². The first-order chi connectivity index (χ1) is 12.6. The van der Waals surface area contributed by atoms with Gasteiger partial charge in [0.25, 0.3) is 0 Å². The molecule has 1 aliphatic carbocycles. The minimum Gasteiger partial charge on any atom is -0.484 e. The molecule has 26 heavy (non-hydrogen) atoms. The molecule has 1 saturated carbocycles. The predicted molar refractivity (Wildman–Crippen MR) is 99.6 cm³/mol. The summed E-state index contributed by atoms with van der Waals surface area (Å²) < 4.78 is 17.6. The van der Waals surface area contributed by atoms with Gasteiger partial charge >= 0.3 is 0 Å². The number of likely N-dealkylation sites (tertiary alicyclic amines) is 1. The number of rotatable bonds is 4. The smallest absolute Gasteiger partial charge is 0.180 e. The number of benzene rings is 1. The number of ether oxygens (including phenoxy) is 3. The maximum Gasteiger partial charge on any atom is 0.180 e. The van der Waals surface area contributed by atoms with E-state index in [1.54, 1.807) is 13.2 Å². The molecule has 2 fully saturated rings. The Morgan fingerprint density at radius 2 is 1.96 bits per heavy atom. The van der Waals surface area contributed by atoms with Crippen molar-refractivity contribution in [1.82, 2.24) is 4.90 Å². The number of hydrogen-bond acceptors (Lipinski definition) is 5. The topological polar surface area (TPSA) is 48.0 Å². The van der Waals surface area contributed by atoms with Crippen LogP contribution in [0.3, 0.4) is 0 Å². The van der Waals surface area contributed by atoms with Crippen LogP contribution in [-0.2, 0) is 4.74 Å². The molecule has 142 valence electrons. The second kappa shape index (κ2) is 7.37. The van der Waals surface area contributed by atoms with Crippen molar-refractivity contribution in [1.29, 1.82) is 0 Å². The van der Waals surface area contributed by atoms with Gasteiger partial charge in [-0.2, -0.15) is 0 Å². The molecule has 0 aromatic heterocycles. The molecule has 5 nitrogen and oxygen atoms in total. The van der Waals surface area contributed by atoms with E-state index in [1.165, 1.54) is 12.8 Å². The Morgan fingerprint density at radius 1 is 1.23 bits per heavy atom. The van der Waals surface area contributed by atoms with E-state index < -0.39 is 0 Å². The van der Waals surface area contributed by atoms with Crippen molar-refractivity contribution in [3.63, 3.8) is 0 Å². The van der Waals surface area contributed by atoms with Gasteiger partial charge in [-0.25, -0.2) is 0 Å². The fourth-order valence-electron chi connectivity index (χ4n) is 4.46. The molecule has 0 radical (unpaired) electrons. The molecule has 1 saturated heterocycles. The SMILES string of the molecule is COC1CN([C@H]2CC[C@H]([C@@H]3COc4c(Cl)cc(C=O)c(C)c4O3)CC2)C1. The maximum atomic E-state index is 11.3. The van der Waals surface area contributed by atoms with Crippen molar-refractivity contribution in [2.45, 2.75) is 50.9 Å². The Hall–Kier alpha value is -1.30. The van der Waals surface area contributed by atoms with Crippen molar-refractivity contribution < 1.29 is 19.0 Å². The van der Waals surface area contributed by atoms with E-state index >= 15 is 0 Å². The fourth-order valence-corrected chi connectivity index (χ4v) is 4.72. The highest BCUT2D eigenvalue weighted by molar-refractivity contribution is 6.32. The van der Waals surface area contributed by atoms with Gasteiger partial charge in [-0.05, 0) is 44.6 Å². The lowest BCUT2D eigenvalue weighted by Gasteiger charge is -2.46. The maximum absolute atomic E-state index is 11.3. The van der Waals surface area contributed by atoms with Crippen LogP contribution >= 0.6 is 11.6 Å². The zero-order chi connectivity index (χ0) is 18.3. The van der Waals surface area contributed by atoms with Gasteiger partial charge in [-0.1, -0.05) is 11.6 Å². The van der Waals surface area contributed by atoms with Gasteiger partial charge in [0.15, 0.2) is 17.8 Å². The number of halogens is 1. The monoisotopic (exact) mass is 379 g/mol. The van der Waals surface area contributed by atoms with Crippen molar-refractivity contribution in [3.8, 4) is 11.5 Å². The first-order valence-electron chi connectivity index (χ1n) is 9.45. The summed E-state index contributed by atoms with van der Waals surface area (Å²) in [6, 6.07) is 2.32. The minimum atomic E-state index is 0.0308. The Bertz CT molecular complexity index is 681. The third kappa shape index (κ3) is 3.21. The third-order valence-corrected chi connectivity index (χ3v) is 6.54. The molecule has 0 bridgehead atoms. The summed E-state index contributed by atoms with van der Waals surface area (Å²) in [5.41, 5.74) is 1.37. The molecular weight excluding hydrogens is 354 g/mol. The number of carbonyl (C=O) groups is 1. The summed E-state index contributed by atoms with van der Waals surface area (Å²) in [6.45, 7) is 4.54. The zero-order valence-electron chi connectivity index (χ0n) is 15.4. The average molecular weight is 380 g/mol. The van der Waals surface area contributed by atoms with Crippen LogP contribution in [-0.4, -0.2) is 56.2 Å². The lowest BCUT2D eigenvalue weighted by Crippen LogP contribution is -2.57. The normalized spacial score (nSPS) is 29.3. The van der Waals surface area contributed by atoms with E-state index in [0.717, 1.165) is 37.8 Å². The first kappa shape index (κ1) is 18.1. The fraction of sp³-hybridized carbons (Fsp3) is 0.650. The summed E-state index contributed by atoms with van der Waals surface area (Å²) in [4.78, 5) is 13.8. The number of aldehydes is 1. The highest BCUT2D eigenvalue weighted by Crippen LogP contribution is 2.44. The molecule has 0 unspecified atom stereocenters. The number of fused-ring (bicyclic) bond motifs is 1. The van der Waals surface area contributed by atoms with Crippen LogP contribution in [0.15, 0.2) is 6.07 Å². The lowest BCUT2D eigenvalue weighted by molar-refractivity contribution is -0.0649. The summed E-state index contributed by atoms with van der Waals surface area (Å²) >= 11 is 6.25. The van der Waals surface area contributed by atoms with Crippen LogP contribution in [0.25, 0.3) is 0 Å². The molecule has 1 aromatic rings. The molecule has 0 N–H and O–H groups in total. The molecule has 4 rings (SSSR count). The van der Waals surface area contributed by atoms with Crippen molar-refractivity contribution in [2.24, 2.45) is 5.92 Å². The molecule has 3 aliphatic rings. The van der Waals surface area contributed by atoms with E-state index in [0.29, 0.717) is 46.8 Å². The summed E-state index contributed by atoms with van der Waals surface area (Å²) in [5.74, 6) is 1.70. The zero-order valence-corrected chi connectivity index (χ0v) is 16.1. The largest absolute Gasteiger partial charge is 0.484 e. The Balaban J connectivity index is 1.39. The van der Waals surface area contributed by atoms with E-state index in [9.17, 15) is 4.79 Å². The molecule has 1 atom stereocenters. The predicted octanol–water partition coefficient (Wildman–Crippen LogP) is 3.49. The third-order valence-electron chi connectivity index (χ3n) is 6.26. The van der Waals surface area contributed by atoms with Crippen LogP contribution in [0, 0.1) is 12.8 Å². The summed E-state index contributed by atoms with van der Waals surface area (Å²) in [6.07, 6.45) is 5.94. The Kier molecular flexibility index (Phi) is 5.13. The van der Waals surface area contributed by atoms with Crippen LogP contribution in [0.4, 0.5) is 0 Å². The second-order valence-electron chi connectivity index (χ2n) is 7.70. The Morgan fingerprint density at radius 3 is 2.62 bits per heavy atom. The lowest BCUT2D eigenvalue weighted by atomic mass is 9.81. The van der Waals surface area contributed by atoms with Crippen LogP contribution < -0.4 is 9.47 Å². The van der Waals surface area contributed by atoms with E-state index in [2.05, 4.69) is 4.90 Å². The molecule has 2 heterocycles. The van der Waals surface area contributed by atoms with Gasteiger partial charge in [0.2, 0.25) is 0 Å². The van der Waals surface area contributed by atoms with E-state index in [-0.39, 0.29) is 6.10 Å². The van der Waals surface area contributed by atoms with E-state index in [1.807, 2.05) is 6.92 Å². The first-order valence-corrected chi connectivity index (χ1v) is 9.83. The highest BCUT2D eigenvalue weighted by atomic mass is 35.5. The van der Waals surface area contributed by atoms with Crippen LogP contribution in [0.2, 0.25) is 5.02 Å². The highest BCUT2D eigenvalue weighted by Gasteiger charge is 2.38. The van der Waals surface area contributed by atoms with Crippen molar-refractivity contribution in [3.05, 3.63) is 22.2 Å². The summed E-state index contributed by atoms with van der Waals surface area (Å²) in [5, 5.41) is 0.445. The molecule has 0 amide bonds. The van der Waals surface area contributed by atoms with E-state index in [4.69, 9.17) is 25.8 Å². The minimum absolute atomic E-state index is 0.0308. The van der Waals surface area contributed by atoms with Gasteiger partial charge in [-0.3, -0.25) is 9.69 Å². The molecule has 0 spiro atoms. The van der Waals surface area contributed by atoms with Gasteiger partial charge in [-0.15, -0.1) is 0 Å². The number of methoxy groups -OCH3 is 1. The van der Waals surface area contributed by atoms with Crippen molar-refractivity contribution >= 4 is 17.9 Å².